The van der Waals surface area contributed by atoms with E-state index in [-0.39, 0.29) is 11.8 Å². The number of hydrogen-bond acceptors (Lipinski definition) is 4. The molecule has 3 rings (SSSR count). The van der Waals surface area contributed by atoms with Crippen LogP contribution in [0.1, 0.15) is 31.0 Å². The Labute approximate surface area is 143 Å². The summed E-state index contributed by atoms with van der Waals surface area (Å²) in [5, 5.41) is 11.4. The van der Waals surface area contributed by atoms with Crippen molar-refractivity contribution in [2.45, 2.75) is 33.1 Å². The summed E-state index contributed by atoms with van der Waals surface area (Å²) < 4.78 is 0. The summed E-state index contributed by atoms with van der Waals surface area (Å²) in [6, 6.07) is 12.1. The molecule has 0 saturated carbocycles. The molecule has 1 saturated heterocycles. The van der Waals surface area contributed by atoms with Crippen molar-refractivity contribution >= 4 is 17.4 Å². The molecule has 1 amide bonds. The third-order valence-electron chi connectivity index (χ3n) is 4.60. The van der Waals surface area contributed by atoms with Crippen LogP contribution >= 0.6 is 0 Å². The van der Waals surface area contributed by atoms with E-state index in [1.54, 1.807) is 0 Å². The number of carbonyl (C=O) groups is 1. The Kier molecular flexibility index (Phi) is 5.08. The second kappa shape index (κ2) is 7.43. The summed E-state index contributed by atoms with van der Waals surface area (Å²) in [5.74, 6) is 1.08. The lowest BCUT2D eigenvalue weighted by Crippen LogP contribution is -2.38. The van der Waals surface area contributed by atoms with E-state index in [1.165, 1.54) is 5.56 Å². The van der Waals surface area contributed by atoms with Gasteiger partial charge in [-0.3, -0.25) is 4.79 Å². The molecular weight excluding hydrogens is 300 g/mol. The van der Waals surface area contributed by atoms with Gasteiger partial charge in [0.25, 0.3) is 0 Å². The normalized spacial score (nSPS) is 15.3. The van der Waals surface area contributed by atoms with Crippen molar-refractivity contribution in [2.24, 2.45) is 5.92 Å². The number of benzene rings is 1. The van der Waals surface area contributed by atoms with Crippen molar-refractivity contribution in [2.75, 3.05) is 23.3 Å². The Balaban J connectivity index is 1.53. The van der Waals surface area contributed by atoms with Crippen LogP contribution in [0, 0.1) is 12.8 Å². The first-order chi connectivity index (χ1) is 11.7. The van der Waals surface area contributed by atoms with Gasteiger partial charge in [0.05, 0.1) is 5.69 Å². The van der Waals surface area contributed by atoms with Crippen LogP contribution in [0.15, 0.2) is 36.4 Å². The van der Waals surface area contributed by atoms with E-state index < -0.39 is 0 Å². The van der Waals surface area contributed by atoms with Gasteiger partial charge in [0.1, 0.15) is 0 Å². The summed E-state index contributed by atoms with van der Waals surface area (Å²) >= 11 is 0. The van der Waals surface area contributed by atoms with Crippen LogP contribution in [0.2, 0.25) is 0 Å². The fraction of sp³-hybridized carbons (Fsp3) is 0.421. The summed E-state index contributed by atoms with van der Waals surface area (Å²) in [4.78, 5) is 14.7. The Morgan fingerprint density at radius 2 is 1.83 bits per heavy atom. The van der Waals surface area contributed by atoms with Gasteiger partial charge in [-0.05, 0) is 56.0 Å². The van der Waals surface area contributed by atoms with Gasteiger partial charge in [0.15, 0.2) is 5.82 Å². The Bertz CT molecular complexity index is 674. The van der Waals surface area contributed by atoms with Crippen molar-refractivity contribution in [1.29, 1.82) is 0 Å². The first-order valence-electron chi connectivity index (χ1n) is 8.61. The molecule has 1 aliphatic rings. The minimum absolute atomic E-state index is 0.0607. The Morgan fingerprint density at radius 1 is 1.12 bits per heavy atom. The number of nitrogens with zero attached hydrogens (tertiary/aromatic N) is 3. The summed E-state index contributed by atoms with van der Waals surface area (Å²) in [6.45, 7) is 5.73. The molecule has 0 unspecified atom stereocenters. The smallest absolute Gasteiger partial charge is 0.227 e. The highest BCUT2D eigenvalue weighted by Crippen LogP contribution is 2.23. The number of hydrogen-bond donors (Lipinski definition) is 1. The molecule has 1 aromatic heterocycles. The fourth-order valence-electron chi connectivity index (χ4n) is 3.00. The Morgan fingerprint density at radius 3 is 2.42 bits per heavy atom. The van der Waals surface area contributed by atoms with Crippen molar-refractivity contribution < 1.29 is 4.79 Å². The largest absolute Gasteiger partial charge is 0.355 e. The zero-order valence-corrected chi connectivity index (χ0v) is 14.3. The molecule has 126 valence electrons. The van der Waals surface area contributed by atoms with Crippen LogP contribution in [0.3, 0.4) is 0 Å². The highest BCUT2D eigenvalue weighted by atomic mass is 16.1. The predicted molar refractivity (Wildman–Crippen MR) is 96.2 cm³/mol. The summed E-state index contributed by atoms with van der Waals surface area (Å²) in [5.41, 5.74) is 3.08. The van der Waals surface area contributed by atoms with Gasteiger partial charge in [0.2, 0.25) is 5.91 Å². The lowest BCUT2D eigenvalue weighted by molar-refractivity contribution is -0.120. The first-order valence-corrected chi connectivity index (χ1v) is 8.61. The van der Waals surface area contributed by atoms with Gasteiger partial charge in [0, 0.05) is 24.7 Å². The molecule has 2 aromatic rings. The average molecular weight is 324 g/mol. The van der Waals surface area contributed by atoms with Gasteiger partial charge in [-0.1, -0.05) is 19.1 Å². The first kappa shape index (κ1) is 16.4. The molecule has 0 spiro atoms. The van der Waals surface area contributed by atoms with E-state index >= 15 is 0 Å². The number of piperidine rings is 1. The topological polar surface area (TPSA) is 58.1 Å². The zero-order valence-electron chi connectivity index (χ0n) is 14.3. The average Bonchev–Trinajstić information content (AvgIpc) is 2.63. The number of rotatable bonds is 4. The number of aryl methyl sites for hydroxylation is 2. The highest BCUT2D eigenvalue weighted by Gasteiger charge is 2.25. The van der Waals surface area contributed by atoms with Gasteiger partial charge < -0.3 is 10.2 Å². The number of aromatic nitrogens is 2. The van der Waals surface area contributed by atoms with Crippen LogP contribution in [0.5, 0.6) is 0 Å². The molecule has 1 N–H and O–H groups in total. The standard InChI is InChI=1S/C19H24N4O/c1-3-15-5-7-17(8-6-15)20-19(24)16-10-12-23(13-11-16)18-9-4-14(2)21-22-18/h4-9,16H,3,10-13H2,1-2H3,(H,20,24). The number of nitrogens with one attached hydrogen (secondary N) is 1. The van der Waals surface area contributed by atoms with E-state index in [2.05, 4.69) is 39.5 Å². The second-order valence-electron chi connectivity index (χ2n) is 6.33. The van der Waals surface area contributed by atoms with E-state index in [9.17, 15) is 4.79 Å². The molecule has 1 fully saturated rings. The molecular formula is C19H24N4O. The number of anilines is 2. The van der Waals surface area contributed by atoms with Gasteiger partial charge in [-0.25, -0.2) is 0 Å². The lowest BCUT2D eigenvalue weighted by Gasteiger charge is -2.31. The van der Waals surface area contributed by atoms with Gasteiger partial charge in [-0.15, -0.1) is 5.10 Å². The minimum Gasteiger partial charge on any atom is -0.355 e. The molecule has 0 radical (unpaired) electrons. The van der Waals surface area contributed by atoms with E-state index in [0.717, 1.165) is 49.6 Å². The van der Waals surface area contributed by atoms with Crippen molar-refractivity contribution in [1.82, 2.24) is 10.2 Å². The molecule has 24 heavy (non-hydrogen) atoms. The Hall–Kier alpha value is -2.43. The molecule has 5 heteroatoms. The van der Waals surface area contributed by atoms with Crippen LogP contribution in [0.4, 0.5) is 11.5 Å². The maximum Gasteiger partial charge on any atom is 0.227 e. The van der Waals surface area contributed by atoms with Crippen LogP contribution in [0.25, 0.3) is 0 Å². The van der Waals surface area contributed by atoms with E-state index in [4.69, 9.17) is 0 Å². The summed E-state index contributed by atoms with van der Waals surface area (Å²) in [6.07, 6.45) is 2.69. The van der Waals surface area contributed by atoms with Crippen molar-refractivity contribution in [3.8, 4) is 0 Å². The second-order valence-corrected chi connectivity index (χ2v) is 6.33. The van der Waals surface area contributed by atoms with E-state index in [0.29, 0.717) is 0 Å². The highest BCUT2D eigenvalue weighted by molar-refractivity contribution is 5.92. The predicted octanol–water partition coefficient (Wildman–Crippen LogP) is 3.20. The van der Waals surface area contributed by atoms with Crippen molar-refractivity contribution in [3.63, 3.8) is 0 Å². The summed E-state index contributed by atoms with van der Waals surface area (Å²) in [7, 11) is 0. The molecule has 1 aromatic carbocycles. The molecule has 5 nitrogen and oxygen atoms in total. The monoisotopic (exact) mass is 324 g/mol. The maximum absolute atomic E-state index is 12.5. The third kappa shape index (κ3) is 3.91. The molecule has 0 aliphatic carbocycles. The molecule has 0 bridgehead atoms. The number of carbonyl (C=O) groups excluding carboxylic acids is 1. The number of amides is 1. The quantitative estimate of drug-likeness (QED) is 0.938. The van der Waals surface area contributed by atoms with Crippen molar-refractivity contribution in [3.05, 3.63) is 47.7 Å². The zero-order chi connectivity index (χ0) is 16.9. The molecule has 2 heterocycles. The van der Waals surface area contributed by atoms with E-state index in [1.807, 2.05) is 31.2 Å². The van der Waals surface area contributed by atoms with Gasteiger partial charge in [-0.2, -0.15) is 5.10 Å². The van der Waals surface area contributed by atoms with Crippen LogP contribution in [-0.2, 0) is 11.2 Å². The van der Waals surface area contributed by atoms with Gasteiger partial charge >= 0.3 is 0 Å². The minimum atomic E-state index is 0.0607. The molecule has 0 atom stereocenters. The SMILES string of the molecule is CCc1ccc(NC(=O)C2CCN(c3ccc(C)nn3)CC2)cc1. The third-order valence-corrected chi connectivity index (χ3v) is 4.60. The maximum atomic E-state index is 12.5. The lowest BCUT2D eigenvalue weighted by atomic mass is 9.95. The van der Waals surface area contributed by atoms with Crippen LogP contribution in [-0.4, -0.2) is 29.2 Å². The van der Waals surface area contributed by atoms with Crippen LogP contribution < -0.4 is 10.2 Å². The molecule has 1 aliphatic heterocycles. The fourth-order valence-corrected chi connectivity index (χ4v) is 3.00.